The number of hydrogen-bond donors (Lipinski definition) is 0. The zero-order chi connectivity index (χ0) is 23.6. The van der Waals surface area contributed by atoms with Gasteiger partial charge in [-0.2, -0.15) is 4.31 Å². The van der Waals surface area contributed by atoms with Gasteiger partial charge in [-0.05, 0) is 48.7 Å². The highest BCUT2D eigenvalue weighted by atomic mass is 32.2. The van der Waals surface area contributed by atoms with Crippen LogP contribution in [0.15, 0.2) is 47.4 Å². The number of ether oxygens (including phenoxy) is 3. The minimum Gasteiger partial charge on any atom is -0.493 e. The normalized spacial score (nSPS) is 17.0. The second kappa shape index (κ2) is 9.50. The van der Waals surface area contributed by atoms with Gasteiger partial charge in [0, 0.05) is 12.6 Å². The Morgan fingerprint density at radius 1 is 1.18 bits per heavy atom. The number of nitrogens with zero attached hydrogens (tertiary/aromatic N) is 2. The fourth-order valence-electron chi connectivity index (χ4n) is 3.90. The van der Waals surface area contributed by atoms with Gasteiger partial charge in [0.05, 0.1) is 37.6 Å². The maximum atomic E-state index is 13.9. The van der Waals surface area contributed by atoms with Crippen LogP contribution in [0.2, 0.25) is 0 Å². The van der Waals surface area contributed by atoms with Gasteiger partial charge in [-0.15, -0.1) is 11.3 Å². The van der Waals surface area contributed by atoms with Crippen molar-refractivity contribution in [1.82, 2.24) is 9.29 Å². The summed E-state index contributed by atoms with van der Waals surface area (Å²) in [5, 5.41) is 0.768. The summed E-state index contributed by atoms with van der Waals surface area (Å²) in [6.07, 6.45) is 4.10. The van der Waals surface area contributed by atoms with E-state index in [-0.39, 0.29) is 22.4 Å². The smallest absolute Gasteiger partial charge is 0.330 e. The number of rotatable bonds is 7. The zero-order valence-corrected chi connectivity index (χ0v) is 20.1. The average Bonchev–Trinajstić information content (AvgIpc) is 3.49. The summed E-state index contributed by atoms with van der Waals surface area (Å²) < 4.78 is 45.7. The SMILES string of the molecule is COC(=O)/C=C/c1cc(OC)c(OC)c(S(=O)(=O)N2CCCC2c2nc3ccccc3s2)c1. The van der Waals surface area contributed by atoms with E-state index in [0.717, 1.165) is 21.6 Å². The summed E-state index contributed by atoms with van der Waals surface area (Å²) in [4.78, 5) is 16.2. The number of methoxy groups -OCH3 is 3. The average molecular weight is 489 g/mol. The van der Waals surface area contributed by atoms with E-state index in [9.17, 15) is 13.2 Å². The Kier molecular flexibility index (Phi) is 6.68. The van der Waals surface area contributed by atoms with Crippen LogP contribution in [0.4, 0.5) is 0 Å². The second-order valence-electron chi connectivity index (χ2n) is 7.40. The molecular weight excluding hydrogens is 464 g/mol. The summed E-state index contributed by atoms with van der Waals surface area (Å²) in [5.74, 6) is -0.189. The summed E-state index contributed by atoms with van der Waals surface area (Å²) in [7, 11) is 0.131. The molecule has 0 spiro atoms. The number of esters is 1. The van der Waals surface area contributed by atoms with E-state index in [2.05, 4.69) is 4.74 Å². The Hall–Kier alpha value is -2.95. The molecule has 0 aliphatic carbocycles. The van der Waals surface area contributed by atoms with Gasteiger partial charge in [0.2, 0.25) is 10.0 Å². The quantitative estimate of drug-likeness (QED) is 0.366. The molecule has 0 N–H and O–H groups in total. The van der Waals surface area contributed by atoms with E-state index >= 15 is 0 Å². The summed E-state index contributed by atoms with van der Waals surface area (Å²) >= 11 is 1.51. The number of sulfonamides is 1. The molecule has 0 saturated carbocycles. The third-order valence-electron chi connectivity index (χ3n) is 5.47. The first-order valence-corrected chi connectivity index (χ1v) is 12.5. The minimum atomic E-state index is -3.97. The maximum Gasteiger partial charge on any atom is 0.330 e. The lowest BCUT2D eigenvalue weighted by atomic mass is 10.2. The molecule has 1 fully saturated rings. The van der Waals surface area contributed by atoms with Crippen LogP contribution in [0.1, 0.15) is 29.5 Å². The fourth-order valence-corrected chi connectivity index (χ4v) is 6.95. The number of para-hydroxylation sites is 1. The molecule has 1 atom stereocenters. The lowest BCUT2D eigenvalue weighted by molar-refractivity contribution is -0.134. The van der Waals surface area contributed by atoms with Crippen molar-refractivity contribution >= 4 is 43.6 Å². The second-order valence-corrected chi connectivity index (χ2v) is 10.3. The standard InChI is InChI=1S/C23H24N2O6S2/c1-29-18-13-15(10-11-21(26)30-2)14-20(22(18)31-3)33(27,28)25-12-6-8-17(25)23-24-16-7-4-5-9-19(16)32-23/h4-5,7,9-11,13-14,17H,6,8,12H2,1-3H3/b11-10+. The molecule has 0 amide bonds. The van der Waals surface area contributed by atoms with Crippen LogP contribution in [0, 0.1) is 0 Å². The predicted molar refractivity (Wildman–Crippen MR) is 126 cm³/mol. The molecule has 8 nitrogen and oxygen atoms in total. The number of benzene rings is 2. The van der Waals surface area contributed by atoms with E-state index in [0.29, 0.717) is 18.5 Å². The molecular formula is C23H24N2O6S2. The lowest BCUT2D eigenvalue weighted by Gasteiger charge is -2.24. The van der Waals surface area contributed by atoms with E-state index < -0.39 is 16.0 Å². The first-order chi connectivity index (χ1) is 15.9. The summed E-state index contributed by atoms with van der Waals surface area (Å²) in [6.45, 7) is 0.372. The van der Waals surface area contributed by atoms with Gasteiger partial charge in [0.25, 0.3) is 0 Å². The number of aromatic nitrogens is 1. The highest BCUT2D eigenvalue weighted by Gasteiger charge is 2.40. The molecule has 1 aliphatic heterocycles. The fraction of sp³-hybridized carbons (Fsp3) is 0.304. The molecule has 33 heavy (non-hydrogen) atoms. The van der Waals surface area contributed by atoms with Crippen molar-refractivity contribution in [2.75, 3.05) is 27.9 Å². The van der Waals surface area contributed by atoms with Gasteiger partial charge >= 0.3 is 5.97 Å². The van der Waals surface area contributed by atoms with Crippen molar-refractivity contribution in [1.29, 1.82) is 0 Å². The van der Waals surface area contributed by atoms with Gasteiger partial charge in [0.1, 0.15) is 9.90 Å². The molecule has 1 unspecified atom stereocenters. The zero-order valence-electron chi connectivity index (χ0n) is 18.5. The Labute approximate surface area is 196 Å². The molecule has 0 bridgehead atoms. The van der Waals surface area contributed by atoms with Crippen molar-refractivity contribution in [3.05, 3.63) is 53.0 Å². The highest BCUT2D eigenvalue weighted by molar-refractivity contribution is 7.89. The molecule has 1 saturated heterocycles. The van der Waals surface area contributed by atoms with Crippen LogP contribution >= 0.6 is 11.3 Å². The van der Waals surface area contributed by atoms with Gasteiger partial charge in [0.15, 0.2) is 11.5 Å². The number of carbonyl (C=O) groups is 1. The molecule has 174 valence electrons. The molecule has 10 heteroatoms. The Morgan fingerprint density at radius 3 is 2.67 bits per heavy atom. The van der Waals surface area contributed by atoms with Gasteiger partial charge < -0.3 is 14.2 Å². The van der Waals surface area contributed by atoms with Crippen molar-refractivity contribution in [2.24, 2.45) is 0 Å². The molecule has 2 aromatic carbocycles. The number of thiazole rings is 1. The molecule has 0 radical (unpaired) electrons. The summed E-state index contributed by atoms with van der Waals surface area (Å²) in [6, 6.07) is 10.5. The van der Waals surface area contributed by atoms with Gasteiger partial charge in [-0.25, -0.2) is 18.2 Å². The Bertz CT molecular complexity index is 1280. The van der Waals surface area contributed by atoms with E-state index in [4.69, 9.17) is 14.5 Å². The lowest BCUT2D eigenvalue weighted by Crippen LogP contribution is -2.31. The molecule has 3 aromatic rings. The number of fused-ring (bicyclic) bond motifs is 1. The maximum absolute atomic E-state index is 13.9. The van der Waals surface area contributed by atoms with Crippen molar-refractivity contribution in [3.63, 3.8) is 0 Å². The number of carbonyl (C=O) groups excluding carboxylic acids is 1. The Morgan fingerprint density at radius 2 is 1.97 bits per heavy atom. The van der Waals surface area contributed by atoms with Crippen LogP contribution in [0.25, 0.3) is 16.3 Å². The van der Waals surface area contributed by atoms with E-state index in [1.807, 2.05) is 24.3 Å². The largest absolute Gasteiger partial charge is 0.493 e. The Balaban J connectivity index is 1.78. The summed E-state index contributed by atoms with van der Waals surface area (Å²) in [5.41, 5.74) is 1.32. The van der Waals surface area contributed by atoms with Gasteiger partial charge in [-0.3, -0.25) is 0 Å². The molecule has 4 rings (SSSR count). The van der Waals surface area contributed by atoms with Crippen molar-refractivity contribution in [3.8, 4) is 11.5 Å². The van der Waals surface area contributed by atoms with Crippen LogP contribution in [-0.2, 0) is 19.6 Å². The molecule has 1 aromatic heterocycles. The van der Waals surface area contributed by atoms with Crippen LogP contribution in [-0.4, -0.2) is 51.6 Å². The van der Waals surface area contributed by atoms with Gasteiger partial charge in [-0.1, -0.05) is 12.1 Å². The van der Waals surface area contributed by atoms with Crippen LogP contribution < -0.4 is 9.47 Å². The number of hydrogen-bond acceptors (Lipinski definition) is 8. The third kappa shape index (κ3) is 4.46. The topological polar surface area (TPSA) is 95.0 Å². The first-order valence-electron chi connectivity index (χ1n) is 10.3. The first kappa shape index (κ1) is 23.2. The highest BCUT2D eigenvalue weighted by Crippen LogP contribution is 2.43. The predicted octanol–water partition coefficient (Wildman–Crippen LogP) is 4.03. The van der Waals surface area contributed by atoms with E-state index in [1.165, 1.54) is 55.2 Å². The minimum absolute atomic E-state index is 0.0260. The molecule has 1 aliphatic rings. The molecule has 2 heterocycles. The van der Waals surface area contributed by atoms with Crippen LogP contribution in [0.3, 0.4) is 0 Å². The monoisotopic (exact) mass is 488 g/mol. The third-order valence-corrected chi connectivity index (χ3v) is 8.52. The van der Waals surface area contributed by atoms with Crippen molar-refractivity contribution < 1.29 is 27.4 Å². The van der Waals surface area contributed by atoms with Crippen LogP contribution in [0.5, 0.6) is 11.5 Å². The van der Waals surface area contributed by atoms with E-state index in [1.54, 1.807) is 6.07 Å². The van der Waals surface area contributed by atoms with Crippen molar-refractivity contribution in [2.45, 2.75) is 23.8 Å².